The van der Waals surface area contributed by atoms with E-state index in [4.69, 9.17) is 0 Å². The summed E-state index contributed by atoms with van der Waals surface area (Å²) in [6.07, 6.45) is 31.1. The molecule has 0 radical (unpaired) electrons. The number of benzene rings is 1. The lowest BCUT2D eigenvalue weighted by molar-refractivity contribution is 0.556. The van der Waals surface area contributed by atoms with Crippen LogP contribution in [-0.2, 0) is 12.8 Å². The monoisotopic (exact) mass is 414 g/mol. The summed E-state index contributed by atoms with van der Waals surface area (Å²) in [6.45, 7) is 4.60. The maximum Gasteiger partial charge on any atom is -0.0279 e. The smallest absolute Gasteiger partial charge is 0.0279 e. The van der Waals surface area contributed by atoms with Crippen molar-refractivity contribution in [3.8, 4) is 0 Å². The Balaban J connectivity index is 1.92. The molecule has 0 atom stereocenters. The van der Waals surface area contributed by atoms with Gasteiger partial charge in [-0.3, -0.25) is 0 Å². The molecule has 0 unspecified atom stereocenters. The van der Waals surface area contributed by atoms with E-state index in [0.717, 1.165) is 0 Å². The van der Waals surface area contributed by atoms with Gasteiger partial charge in [-0.05, 0) is 36.8 Å². The zero-order chi connectivity index (χ0) is 21.5. The molecule has 0 aliphatic heterocycles. The predicted octanol–water partition coefficient (Wildman–Crippen LogP) is 10.6. The second kappa shape index (κ2) is 21.5. The fourth-order valence-electron chi connectivity index (χ4n) is 4.51. The molecule has 0 aliphatic rings. The highest BCUT2D eigenvalue weighted by Crippen LogP contribution is 2.15. The number of hydrogen-bond donors (Lipinski definition) is 0. The van der Waals surface area contributed by atoms with Gasteiger partial charge in [0.25, 0.3) is 0 Å². The lowest BCUT2D eigenvalue weighted by Crippen LogP contribution is -1.90. The summed E-state index contributed by atoms with van der Waals surface area (Å²) < 4.78 is 0. The minimum atomic E-state index is 1.27. The Hall–Kier alpha value is -0.780. The van der Waals surface area contributed by atoms with Crippen molar-refractivity contribution in [2.24, 2.45) is 0 Å². The summed E-state index contributed by atoms with van der Waals surface area (Å²) in [5.74, 6) is 0. The van der Waals surface area contributed by atoms with Crippen LogP contribution in [0.15, 0.2) is 24.3 Å². The van der Waals surface area contributed by atoms with Gasteiger partial charge in [-0.25, -0.2) is 0 Å². The molecule has 0 amide bonds. The summed E-state index contributed by atoms with van der Waals surface area (Å²) >= 11 is 0. The minimum absolute atomic E-state index is 1.27. The first-order valence-electron chi connectivity index (χ1n) is 13.9. The van der Waals surface area contributed by atoms with E-state index in [2.05, 4.69) is 38.1 Å². The van der Waals surface area contributed by atoms with Crippen LogP contribution in [0.3, 0.4) is 0 Å². The van der Waals surface area contributed by atoms with Gasteiger partial charge >= 0.3 is 0 Å². The van der Waals surface area contributed by atoms with E-state index in [0.29, 0.717) is 0 Å². The molecule has 30 heavy (non-hydrogen) atoms. The number of aryl methyl sites for hydroxylation is 2. The fourth-order valence-corrected chi connectivity index (χ4v) is 4.51. The molecule has 0 bridgehead atoms. The van der Waals surface area contributed by atoms with Gasteiger partial charge in [-0.1, -0.05) is 154 Å². The van der Waals surface area contributed by atoms with Crippen LogP contribution in [0.4, 0.5) is 0 Å². The average Bonchev–Trinajstić information content (AvgIpc) is 2.77. The van der Waals surface area contributed by atoms with Crippen molar-refractivity contribution in [3.63, 3.8) is 0 Å². The molecule has 0 spiro atoms. The molecular weight excluding hydrogens is 360 g/mol. The average molecular weight is 415 g/mol. The van der Waals surface area contributed by atoms with Crippen molar-refractivity contribution in [1.29, 1.82) is 0 Å². The molecule has 174 valence electrons. The van der Waals surface area contributed by atoms with Gasteiger partial charge in [0.2, 0.25) is 0 Å². The second-order valence-corrected chi connectivity index (χ2v) is 9.68. The van der Waals surface area contributed by atoms with Crippen LogP contribution < -0.4 is 0 Å². The van der Waals surface area contributed by atoms with Crippen molar-refractivity contribution in [2.45, 2.75) is 155 Å². The van der Waals surface area contributed by atoms with Gasteiger partial charge in [-0.2, -0.15) is 0 Å². The van der Waals surface area contributed by atoms with Crippen LogP contribution in [0.5, 0.6) is 0 Å². The zero-order valence-corrected chi connectivity index (χ0v) is 20.9. The molecule has 0 saturated heterocycles. The van der Waals surface area contributed by atoms with Gasteiger partial charge in [0.05, 0.1) is 0 Å². The van der Waals surface area contributed by atoms with Crippen LogP contribution in [0.2, 0.25) is 0 Å². The van der Waals surface area contributed by atoms with Gasteiger partial charge in [0, 0.05) is 0 Å². The second-order valence-electron chi connectivity index (χ2n) is 9.68. The highest BCUT2D eigenvalue weighted by Gasteiger charge is 1.98. The number of rotatable bonds is 22. The van der Waals surface area contributed by atoms with Gasteiger partial charge in [0.1, 0.15) is 0 Å². The molecule has 1 rings (SSSR count). The van der Waals surface area contributed by atoms with Crippen LogP contribution in [0.1, 0.15) is 153 Å². The molecule has 0 heteroatoms. The number of unbranched alkanes of at least 4 members (excludes halogenated alkanes) is 18. The van der Waals surface area contributed by atoms with Crippen LogP contribution in [0, 0.1) is 0 Å². The Morgan fingerprint density at radius 1 is 0.333 bits per heavy atom. The summed E-state index contributed by atoms with van der Waals surface area (Å²) in [7, 11) is 0. The SMILES string of the molecule is CCCCCCCCCCCCc1ccc(CCCCCCCCCCCC)cc1. The molecule has 1 aromatic carbocycles. The molecule has 0 aromatic heterocycles. The summed E-state index contributed by atoms with van der Waals surface area (Å²) in [5.41, 5.74) is 3.09. The van der Waals surface area contributed by atoms with E-state index in [1.807, 2.05) is 0 Å². The van der Waals surface area contributed by atoms with E-state index >= 15 is 0 Å². The van der Waals surface area contributed by atoms with Crippen molar-refractivity contribution >= 4 is 0 Å². The van der Waals surface area contributed by atoms with E-state index in [1.54, 1.807) is 11.1 Å². The van der Waals surface area contributed by atoms with Crippen molar-refractivity contribution < 1.29 is 0 Å². The Kier molecular flexibility index (Phi) is 19.5. The molecule has 0 heterocycles. The zero-order valence-electron chi connectivity index (χ0n) is 20.9. The summed E-state index contributed by atoms with van der Waals surface area (Å²) in [4.78, 5) is 0. The highest BCUT2D eigenvalue weighted by molar-refractivity contribution is 5.22. The van der Waals surface area contributed by atoms with Gasteiger partial charge in [-0.15, -0.1) is 0 Å². The molecule has 0 nitrogen and oxygen atoms in total. The molecule has 0 saturated carbocycles. The molecule has 0 aliphatic carbocycles. The Morgan fingerprint density at radius 2 is 0.567 bits per heavy atom. The van der Waals surface area contributed by atoms with E-state index in [1.165, 1.54) is 141 Å². The Bertz CT molecular complexity index is 401. The van der Waals surface area contributed by atoms with E-state index in [9.17, 15) is 0 Å². The lowest BCUT2D eigenvalue weighted by Gasteiger charge is -2.06. The third-order valence-corrected chi connectivity index (χ3v) is 6.66. The summed E-state index contributed by atoms with van der Waals surface area (Å²) in [5, 5.41) is 0. The number of hydrogen-bond acceptors (Lipinski definition) is 0. The van der Waals surface area contributed by atoms with Crippen molar-refractivity contribution in [3.05, 3.63) is 35.4 Å². The summed E-state index contributed by atoms with van der Waals surface area (Å²) in [6, 6.07) is 9.55. The minimum Gasteiger partial charge on any atom is -0.0654 e. The maximum atomic E-state index is 2.39. The molecule has 0 N–H and O–H groups in total. The Morgan fingerprint density at radius 3 is 0.833 bits per heavy atom. The lowest BCUT2D eigenvalue weighted by atomic mass is 10.0. The van der Waals surface area contributed by atoms with Crippen molar-refractivity contribution in [2.75, 3.05) is 0 Å². The third-order valence-electron chi connectivity index (χ3n) is 6.66. The third kappa shape index (κ3) is 17.0. The van der Waals surface area contributed by atoms with Gasteiger partial charge < -0.3 is 0 Å². The van der Waals surface area contributed by atoms with Gasteiger partial charge in [0.15, 0.2) is 0 Å². The van der Waals surface area contributed by atoms with E-state index < -0.39 is 0 Å². The molecule has 1 aromatic rings. The van der Waals surface area contributed by atoms with E-state index in [-0.39, 0.29) is 0 Å². The van der Waals surface area contributed by atoms with Crippen LogP contribution >= 0.6 is 0 Å². The quantitative estimate of drug-likeness (QED) is 0.165. The topological polar surface area (TPSA) is 0 Å². The van der Waals surface area contributed by atoms with Crippen LogP contribution in [0.25, 0.3) is 0 Å². The highest BCUT2D eigenvalue weighted by atomic mass is 14.0. The first-order valence-corrected chi connectivity index (χ1v) is 13.9. The first kappa shape index (κ1) is 27.3. The van der Waals surface area contributed by atoms with Crippen LogP contribution in [-0.4, -0.2) is 0 Å². The normalized spacial score (nSPS) is 11.3. The largest absolute Gasteiger partial charge is 0.0654 e. The van der Waals surface area contributed by atoms with Crippen molar-refractivity contribution in [1.82, 2.24) is 0 Å². The predicted molar refractivity (Wildman–Crippen MR) is 138 cm³/mol. The standard InChI is InChI=1S/C30H54/c1-3-5-7-9-11-13-15-17-19-21-23-29-25-27-30(28-26-29)24-22-20-18-16-14-12-10-8-6-4-2/h25-28H,3-24H2,1-2H3. The fraction of sp³-hybridized carbons (Fsp3) is 0.800. The first-order chi connectivity index (χ1) is 14.9. The Labute approximate surface area is 190 Å². The maximum absolute atomic E-state index is 2.39. The molecular formula is C30H54. The molecule has 0 fully saturated rings.